The van der Waals surface area contributed by atoms with Gasteiger partial charge in [-0.25, -0.2) is 0 Å². The lowest BCUT2D eigenvalue weighted by atomic mass is 10.0. The molecule has 1 heteroatoms. The molecule has 0 radical (unpaired) electrons. The molecule has 2 saturated heterocycles. The fourth-order valence-electron chi connectivity index (χ4n) is 3.66. The molecule has 82 valence electrons. The van der Waals surface area contributed by atoms with Gasteiger partial charge in [-0.05, 0) is 38.5 Å². The third kappa shape index (κ3) is 1.84. The Morgan fingerprint density at radius 1 is 0.857 bits per heavy atom. The van der Waals surface area contributed by atoms with Gasteiger partial charge >= 0.3 is 0 Å². The molecule has 0 bridgehead atoms. The third-order valence-electron chi connectivity index (χ3n) is 4.17. The fraction of sp³-hybridized carbons (Fsp3) is 1.00. The molecule has 2 unspecified atom stereocenters. The molecule has 0 N–H and O–H groups in total. The van der Waals surface area contributed by atoms with Gasteiger partial charge in [-0.15, -0.1) is 0 Å². The number of nitrogens with zero attached hydrogens (tertiary/aromatic N) is 1. The van der Waals surface area contributed by atoms with Gasteiger partial charge in [-0.2, -0.15) is 0 Å². The maximum Gasteiger partial charge on any atom is 0.0102 e. The van der Waals surface area contributed by atoms with Crippen molar-refractivity contribution >= 4 is 0 Å². The first-order valence-corrected chi connectivity index (χ1v) is 6.64. The van der Waals surface area contributed by atoms with Gasteiger partial charge < -0.3 is 0 Å². The van der Waals surface area contributed by atoms with Gasteiger partial charge in [0, 0.05) is 18.1 Å². The van der Waals surface area contributed by atoms with Gasteiger partial charge in [0.25, 0.3) is 0 Å². The summed E-state index contributed by atoms with van der Waals surface area (Å²) in [5.41, 5.74) is 0. The monoisotopic (exact) mass is 195 g/mol. The lowest BCUT2D eigenvalue weighted by molar-refractivity contribution is 0.164. The predicted molar refractivity (Wildman–Crippen MR) is 61.5 cm³/mol. The van der Waals surface area contributed by atoms with E-state index in [2.05, 4.69) is 18.7 Å². The maximum absolute atomic E-state index is 2.90. The average molecular weight is 195 g/mol. The highest BCUT2D eigenvalue weighted by Crippen LogP contribution is 2.39. The van der Waals surface area contributed by atoms with Gasteiger partial charge in [-0.3, -0.25) is 4.90 Å². The van der Waals surface area contributed by atoms with Crippen molar-refractivity contribution in [2.24, 2.45) is 0 Å². The van der Waals surface area contributed by atoms with Crippen LogP contribution in [0.5, 0.6) is 0 Å². The summed E-state index contributed by atoms with van der Waals surface area (Å²) >= 11 is 0. The molecule has 2 heterocycles. The van der Waals surface area contributed by atoms with Crippen LogP contribution in [0.25, 0.3) is 0 Å². The fourth-order valence-corrected chi connectivity index (χ4v) is 3.66. The maximum atomic E-state index is 2.90. The Morgan fingerprint density at radius 2 is 1.36 bits per heavy atom. The van der Waals surface area contributed by atoms with Crippen LogP contribution in [0.2, 0.25) is 0 Å². The van der Waals surface area contributed by atoms with E-state index in [-0.39, 0.29) is 0 Å². The molecular formula is C13H25N. The predicted octanol–water partition coefficient (Wildman–Crippen LogP) is 3.58. The second-order valence-corrected chi connectivity index (χ2v) is 5.14. The van der Waals surface area contributed by atoms with Gasteiger partial charge in [0.2, 0.25) is 0 Å². The van der Waals surface area contributed by atoms with E-state index in [0.717, 1.165) is 18.1 Å². The Bertz CT molecular complexity index is 156. The van der Waals surface area contributed by atoms with Crippen molar-refractivity contribution in [2.75, 3.05) is 0 Å². The molecular weight excluding hydrogens is 170 g/mol. The van der Waals surface area contributed by atoms with Crippen LogP contribution in [-0.2, 0) is 0 Å². The lowest BCUT2D eigenvalue weighted by Crippen LogP contribution is -2.38. The third-order valence-corrected chi connectivity index (χ3v) is 4.17. The molecule has 0 aliphatic carbocycles. The van der Waals surface area contributed by atoms with Crippen molar-refractivity contribution in [1.29, 1.82) is 0 Å². The summed E-state index contributed by atoms with van der Waals surface area (Å²) in [6, 6.07) is 2.87. The molecule has 14 heavy (non-hydrogen) atoms. The zero-order chi connectivity index (χ0) is 9.97. The van der Waals surface area contributed by atoms with Crippen LogP contribution in [0, 0.1) is 0 Å². The zero-order valence-electron chi connectivity index (χ0n) is 9.84. The van der Waals surface area contributed by atoms with Gasteiger partial charge in [0.15, 0.2) is 0 Å². The smallest absolute Gasteiger partial charge is 0.0102 e. The number of hydrogen-bond donors (Lipinski definition) is 0. The van der Waals surface area contributed by atoms with Crippen molar-refractivity contribution in [3.05, 3.63) is 0 Å². The van der Waals surface area contributed by atoms with E-state index in [4.69, 9.17) is 0 Å². The Balaban J connectivity index is 1.96. The molecule has 0 saturated carbocycles. The second kappa shape index (κ2) is 4.65. The minimum absolute atomic E-state index is 0.948. The summed E-state index contributed by atoms with van der Waals surface area (Å²) in [6.07, 6.45) is 11.6. The van der Waals surface area contributed by atoms with Crippen molar-refractivity contribution in [3.8, 4) is 0 Å². The largest absolute Gasteiger partial charge is 0.294 e. The topological polar surface area (TPSA) is 3.24 Å². The summed E-state index contributed by atoms with van der Waals surface area (Å²) in [5.74, 6) is 0. The van der Waals surface area contributed by atoms with Crippen LogP contribution in [0.15, 0.2) is 0 Å². The van der Waals surface area contributed by atoms with Crippen LogP contribution in [0.1, 0.15) is 65.2 Å². The molecule has 2 aliphatic heterocycles. The highest BCUT2D eigenvalue weighted by atomic mass is 15.3. The molecule has 0 aromatic carbocycles. The zero-order valence-corrected chi connectivity index (χ0v) is 9.84. The van der Waals surface area contributed by atoms with Crippen molar-refractivity contribution < 1.29 is 0 Å². The van der Waals surface area contributed by atoms with Crippen LogP contribution in [0.4, 0.5) is 0 Å². The van der Waals surface area contributed by atoms with Gasteiger partial charge in [0.1, 0.15) is 0 Å². The van der Waals surface area contributed by atoms with E-state index >= 15 is 0 Å². The van der Waals surface area contributed by atoms with Crippen LogP contribution in [-0.4, -0.2) is 23.0 Å². The molecule has 2 aliphatic rings. The molecule has 2 rings (SSSR count). The number of rotatable bonds is 4. The van der Waals surface area contributed by atoms with Crippen LogP contribution in [0.3, 0.4) is 0 Å². The highest BCUT2D eigenvalue weighted by Gasteiger charge is 2.41. The Morgan fingerprint density at radius 3 is 1.79 bits per heavy atom. The van der Waals surface area contributed by atoms with Gasteiger partial charge in [0.05, 0.1) is 0 Å². The first kappa shape index (κ1) is 10.5. The molecule has 0 aromatic rings. The van der Waals surface area contributed by atoms with E-state index in [1.165, 1.54) is 51.4 Å². The molecule has 0 aromatic heterocycles. The first-order chi connectivity index (χ1) is 6.86. The normalized spacial score (nSPS) is 37.7. The molecule has 1 nitrogen and oxygen atoms in total. The SMILES string of the molecule is CCCC1CCC2CCC(CCC)N12. The summed E-state index contributed by atoms with van der Waals surface area (Å²) in [4.78, 5) is 2.90. The Kier molecular flexibility index (Phi) is 3.48. The summed E-state index contributed by atoms with van der Waals surface area (Å²) in [5, 5.41) is 0. The minimum Gasteiger partial charge on any atom is -0.294 e. The number of hydrogen-bond acceptors (Lipinski definition) is 1. The standard InChI is InChI=1S/C13H25N/c1-3-5-11-7-9-13-10-8-12(6-4-2)14(11)13/h11-13H,3-10H2,1-2H3. The van der Waals surface area contributed by atoms with E-state index in [1.807, 2.05) is 0 Å². The van der Waals surface area contributed by atoms with Crippen molar-refractivity contribution in [2.45, 2.75) is 83.3 Å². The highest BCUT2D eigenvalue weighted by molar-refractivity contribution is 4.96. The molecule has 0 amide bonds. The van der Waals surface area contributed by atoms with Crippen LogP contribution >= 0.6 is 0 Å². The molecule has 0 spiro atoms. The van der Waals surface area contributed by atoms with Crippen molar-refractivity contribution in [1.82, 2.24) is 4.90 Å². The minimum atomic E-state index is 0.948. The quantitative estimate of drug-likeness (QED) is 0.662. The van der Waals surface area contributed by atoms with E-state index < -0.39 is 0 Å². The lowest BCUT2D eigenvalue weighted by Gasteiger charge is -2.30. The Hall–Kier alpha value is -0.0400. The van der Waals surface area contributed by atoms with Crippen LogP contribution < -0.4 is 0 Å². The van der Waals surface area contributed by atoms with E-state index in [0.29, 0.717) is 0 Å². The van der Waals surface area contributed by atoms with E-state index in [9.17, 15) is 0 Å². The summed E-state index contributed by atoms with van der Waals surface area (Å²) in [7, 11) is 0. The molecule has 2 fully saturated rings. The molecule has 2 atom stereocenters. The van der Waals surface area contributed by atoms with E-state index in [1.54, 1.807) is 0 Å². The second-order valence-electron chi connectivity index (χ2n) is 5.14. The Labute approximate surface area is 88.9 Å². The average Bonchev–Trinajstić information content (AvgIpc) is 2.72. The first-order valence-electron chi connectivity index (χ1n) is 6.64. The number of fused-ring (bicyclic) bond motifs is 1. The van der Waals surface area contributed by atoms with Gasteiger partial charge in [-0.1, -0.05) is 26.7 Å². The summed E-state index contributed by atoms with van der Waals surface area (Å²) in [6.45, 7) is 4.66. The van der Waals surface area contributed by atoms with Crippen molar-refractivity contribution in [3.63, 3.8) is 0 Å². The summed E-state index contributed by atoms with van der Waals surface area (Å²) < 4.78 is 0.